The van der Waals surface area contributed by atoms with Crippen molar-refractivity contribution in [2.45, 2.75) is 58.4 Å². The van der Waals surface area contributed by atoms with E-state index >= 15 is 0 Å². The smallest absolute Gasteiger partial charge is 0.207 e. The van der Waals surface area contributed by atoms with Crippen molar-refractivity contribution in [3.63, 3.8) is 0 Å². The third-order valence-corrected chi connectivity index (χ3v) is 8.77. The SMILES string of the molecule is CCCCCC[C@@H]1C[C@@H](C)CN1P(=O)(c1ccccc1)c1ccccc1. The molecule has 0 amide bonds. The molecule has 26 heavy (non-hydrogen) atoms. The standard InChI is InChI=1S/C23H32NOP/c1-3-4-5-8-13-21-18-20(2)19-24(21)26(25,22-14-9-6-10-15-22)23-16-11-7-12-17-23/h6-7,9-12,14-17,20-21H,3-5,8,13,18-19H2,1-2H3/t20-,21-/m1/s1. The van der Waals surface area contributed by atoms with E-state index in [0.717, 1.165) is 30.0 Å². The Hall–Kier alpha value is -1.37. The van der Waals surface area contributed by atoms with Gasteiger partial charge in [0, 0.05) is 23.2 Å². The minimum Gasteiger partial charge on any atom is -0.296 e. The van der Waals surface area contributed by atoms with Crippen molar-refractivity contribution < 1.29 is 4.57 Å². The van der Waals surface area contributed by atoms with Gasteiger partial charge in [0.15, 0.2) is 0 Å². The van der Waals surface area contributed by atoms with E-state index in [1.807, 2.05) is 60.7 Å². The summed E-state index contributed by atoms with van der Waals surface area (Å²) in [7, 11) is -2.79. The molecule has 2 aromatic rings. The van der Waals surface area contributed by atoms with E-state index in [1.54, 1.807) is 0 Å². The zero-order valence-electron chi connectivity index (χ0n) is 16.2. The Labute approximate surface area is 159 Å². The maximum atomic E-state index is 14.6. The summed E-state index contributed by atoms with van der Waals surface area (Å²) >= 11 is 0. The van der Waals surface area contributed by atoms with Crippen LogP contribution in [0.3, 0.4) is 0 Å². The van der Waals surface area contributed by atoms with Gasteiger partial charge in [-0.2, -0.15) is 0 Å². The van der Waals surface area contributed by atoms with Crippen LogP contribution >= 0.6 is 7.29 Å². The van der Waals surface area contributed by atoms with E-state index in [0.29, 0.717) is 12.0 Å². The second kappa shape index (κ2) is 9.02. The molecule has 2 nitrogen and oxygen atoms in total. The number of unbranched alkanes of at least 4 members (excludes halogenated alkanes) is 3. The highest BCUT2D eigenvalue weighted by molar-refractivity contribution is 7.76. The van der Waals surface area contributed by atoms with E-state index in [2.05, 4.69) is 18.5 Å². The molecule has 0 saturated carbocycles. The van der Waals surface area contributed by atoms with Crippen LogP contribution in [0, 0.1) is 5.92 Å². The molecule has 1 heterocycles. The molecular weight excluding hydrogens is 337 g/mol. The van der Waals surface area contributed by atoms with Gasteiger partial charge in [0.2, 0.25) is 7.29 Å². The Morgan fingerprint density at radius 3 is 2.04 bits per heavy atom. The van der Waals surface area contributed by atoms with Crippen molar-refractivity contribution in [3.8, 4) is 0 Å². The van der Waals surface area contributed by atoms with E-state index in [9.17, 15) is 4.57 Å². The largest absolute Gasteiger partial charge is 0.296 e. The minimum atomic E-state index is -2.79. The number of hydrogen-bond donors (Lipinski definition) is 0. The van der Waals surface area contributed by atoms with Crippen molar-refractivity contribution >= 4 is 17.9 Å². The minimum absolute atomic E-state index is 0.424. The normalized spacial score (nSPS) is 21.2. The van der Waals surface area contributed by atoms with Crippen molar-refractivity contribution in [3.05, 3.63) is 60.7 Å². The first-order valence-electron chi connectivity index (χ1n) is 10.1. The molecule has 140 valence electrons. The molecule has 0 aromatic heterocycles. The molecule has 0 N–H and O–H groups in total. The lowest BCUT2D eigenvalue weighted by Crippen LogP contribution is -2.36. The zero-order valence-corrected chi connectivity index (χ0v) is 17.1. The van der Waals surface area contributed by atoms with Crippen LogP contribution in [0.5, 0.6) is 0 Å². The highest BCUT2D eigenvalue weighted by atomic mass is 31.2. The van der Waals surface area contributed by atoms with Crippen LogP contribution in [0.4, 0.5) is 0 Å². The van der Waals surface area contributed by atoms with Crippen LogP contribution in [-0.4, -0.2) is 17.3 Å². The van der Waals surface area contributed by atoms with E-state index < -0.39 is 7.29 Å². The van der Waals surface area contributed by atoms with Crippen LogP contribution in [0.15, 0.2) is 60.7 Å². The Balaban J connectivity index is 1.94. The average molecular weight is 369 g/mol. The lowest BCUT2D eigenvalue weighted by molar-refractivity contribution is 0.366. The lowest BCUT2D eigenvalue weighted by atomic mass is 10.0. The zero-order chi connectivity index (χ0) is 18.4. The maximum absolute atomic E-state index is 14.6. The molecule has 1 aliphatic heterocycles. The van der Waals surface area contributed by atoms with Crippen molar-refractivity contribution in [2.75, 3.05) is 6.54 Å². The summed E-state index contributed by atoms with van der Waals surface area (Å²) in [5.74, 6) is 0.604. The van der Waals surface area contributed by atoms with Gasteiger partial charge in [0.25, 0.3) is 0 Å². The van der Waals surface area contributed by atoms with Crippen LogP contribution in [-0.2, 0) is 4.57 Å². The molecule has 1 fully saturated rings. The quantitative estimate of drug-likeness (QED) is 0.446. The third-order valence-electron chi connectivity index (χ3n) is 5.56. The van der Waals surface area contributed by atoms with Gasteiger partial charge in [0.1, 0.15) is 0 Å². The fourth-order valence-corrected chi connectivity index (χ4v) is 7.48. The maximum Gasteiger partial charge on any atom is 0.207 e. The molecular formula is C23H32NOP. The Kier molecular flexibility index (Phi) is 6.73. The lowest BCUT2D eigenvalue weighted by Gasteiger charge is -2.34. The Bertz CT molecular complexity index is 672. The predicted molar refractivity (Wildman–Crippen MR) is 113 cm³/mol. The second-order valence-corrected chi connectivity index (χ2v) is 10.4. The van der Waals surface area contributed by atoms with E-state index in [4.69, 9.17) is 0 Å². The Morgan fingerprint density at radius 2 is 1.50 bits per heavy atom. The average Bonchev–Trinajstić information content (AvgIpc) is 3.07. The number of hydrogen-bond acceptors (Lipinski definition) is 1. The van der Waals surface area contributed by atoms with Gasteiger partial charge in [-0.25, -0.2) is 4.67 Å². The van der Waals surface area contributed by atoms with Gasteiger partial charge in [-0.05, 0) is 43.0 Å². The summed E-state index contributed by atoms with van der Waals surface area (Å²) in [4.78, 5) is 0. The first-order chi connectivity index (χ1) is 12.7. The number of nitrogens with zero attached hydrogens (tertiary/aromatic N) is 1. The van der Waals surface area contributed by atoms with Crippen LogP contribution < -0.4 is 10.6 Å². The molecule has 2 atom stereocenters. The van der Waals surface area contributed by atoms with Crippen LogP contribution in [0.25, 0.3) is 0 Å². The van der Waals surface area contributed by atoms with Gasteiger partial charge in [-0.15, -0.1) is 0 Å². The molecule has 1 saturated heterocycles. The summed E-state index contributed by atoms with van der Waals surface area (Å²) < 4.78 is 17.0. The van der Waals surface area contributed by atoms with Gasteiger partial charge in [0.05, 0.1) is 0 Å². The molecule has 3 heteroatoms. The number of rotatable bonds is 8. The molecule has 0 spiro atoms. The third kappa shape index (κ3) is 4.13. The molecule has 1 aliphatic rings. The first kappa shape index (κ1) is 19.4. The highest BCUT2D eigenvalue weighted by Gasteiger charge is 2.43. The molecule has 0 aliphatic carbocycles. The fraction of sp³-hybridized carbons (Fsp3) is 0.478. The molecule has 0 unspecified atom stereocenters. The summed E-state index contributed by atoms with van der Waals surface area (Å²) in [5.41, 5.74) is 0. The predicted octanol–water partition coefficient (Wildman–Crippen LogP) is 5.60. The number of benzene rings is 2. The second-order valence-electron chi connectivity index (χ2n) is 7.71. The first-order valence-corrected chi connectivity index (χ1v) is 11.8. The van der Waals surface area contributed by atoms with E-state index in [1.165, 1.54) is 25.7 Å². The summed E-state index contributed by atoms with van der Waals surface area (Å²) in [5, 5.41) is 1.94. The monoisotopic (exact) mass is 369 g/mol. The fourth-order valence-electron chi connectivity index (χ4n) is 4.25. The van der Waals surface area contributed by atoms with Crippen molar-refractivity contribution in [1.29, 1.82) is 0 Å². The van der Waals surface area contributed by atoms with Gasteiger partial charge in [-0.1, -0.05) is 75.9 Å². The molecule has 2 aromatic carbocycles. The topological polar surface area (TPSA) is 20.3 Å². The van der Waals surface area contributed by atoms with Crippen molar-refractivity contribution in [2.24, 2.45) is 5.92 Å². The van der Waals surface area contributed by atoms with Gasteiger partial charge >= 0.3 is 0 Å². The van der Waals surface area contributed by atoms with Crippen molar-refractivity contribution in [1.82, 2.24) is 4.67 Å². The summed E-state index contributed by atoms with van der Waals surface area (Å²) in [6.07, 6.45) is 7.42. The summed E-state index contributed by atoms with van der Waals surface area (Å²) in [6.45, 7) is 5.49. The van der Waals surface area contributed by atoms with Gasteiger partial charge < -0.3 is 0 Å². The van der Waals surface area contributed by atoms with Crippen LogP contribution in [0.1, 0.15) is 52.4 Å². The van der Waals surface area contributed by atoms with Crippen LogP contribution in [0.2, 0.25) is 0 Å². The Morgan fingerprint density at radius 1 is 0.923 bits per heavy atom. The van der Waals surface area contributed by atoms with Gasteiger partial charge in [-0.3, -0.25) is 4.57 Å². The van der Waals surface area contributed by atoms with E-state index in [-0.39, 0.29) is 0 Å². The summed E-state index contributed by atoms with van der Waals surface area (Å²) in [6, 6.07) is 20.7. The molecule has 3 rings (SSSR count). The molecule has 0 radical (unpaired) electrons. The highest BCUT2D eigenvalue weighted by Crippen LogP contribution is 2.53. The molecule has 0 bridgehead atoms.